The van der Waals surface area contributed by atoms with Gasteiger partial charge in [-0.25, -0.2) is 0 Å². The van der Waals surface area contributed by atoms with Gasteiger partial charge < -0.3 is 9.72 Å². The summed E-state index contributed by atoms with van der Waals surface area (Å²) in [5.41, 5.74) is 1.08. The summed E-state index contributed by atoms with van der Waals surface area (Å²) in [4.78, 5) is 27.1. The molecule has 3 aromatic rings. The second-order valence-electron chi connectivity index (χ2n) is 5.22. The lowest BCUT2D eigenvalue weighted by atomic mass is 10.1. The molecule has 0 fully saturated rings. The van der Waals surface area contributed by atoms with E-state index in [1.807, 2.05) is 24.3 Å². The smallest absolute Gasteiger partial charge is 0.266 e. The minimum Gasteiger partial charge on any atom is -0.497 e. The third kappa shape index (κ3) is 4.26. The highest BCUT2D eigenvalue weighted by Crippen LogP contribution is 2.13. The van der Waals surface area contributed by atoms with Gasteiger partial charge in [-0.05, 0) is 35.9 Å². The molecule has 6 heteroatoms. The SMILES string of the molecule is COc1cccc(/C=c2\s/c(=C\C(=O)c3cccc(Cl)c3)[nH]c2=O)c1. The molecule has 4 nitrogen and oxygen atoms in total. The third-order valence-corrected chi connectivity index (χ3v) is 4.64. The number of halogens is 1. The number of carbonyl (C=O) groups excluding carboxylic acids is 1. The molecule has 0 atom stereocenters. The molecular weight excluding hydrogens is 358 g/mol. The van der Waals surface area contributed by atoms with E-state index in [0.29, 0.717) is 25.5 Å². The summed E-state index contributed by atoms with van der Waals surface area (Å²) in [6.45, 7) is 0. The molecule has 25 heavy (non-hydrogen) atoms. The van der Waals surface area contributed by atoms with Crippen LogP contribution in [-0.4, -0.2) is 17.9 Å². The molecule has 1 heterocycles. The molecular formula is C19H14ClNO3S. The summed E-state index contributed by atoms with van der Waals surface area (Å²) in [7, 11) is 1.59. The summed E-state index contributed by atoms with van der Waals surface area (Å²) in [6, 6.07) is 14.1. The van der Waals surface area contributed by atoms with Gasteiger partial charge in [-0.2, -0.15) is 0 Å². The lowest BCUT2D eigenvalue weighted by Gasteiger charge is -1.99. The molecule has 0 saturated heterocycles. The van der Waals surface area contributed by atoms with Crippen LogP contribution in [0.2, 0.25) is 5.02 Å². The first kappa shape index (κ1) is 17.2. The van der Waals surface area contributed by atoms with Gasteiger partial charge in [0.1, 0.15) is 5.75 Å². The molecule has 3 rings (SSSR count). The molecule has 0 spiro atoms. The molecule has 0 aliphatic carbocycles. The van der Waals surface area contributed by atoms with E-state index in [4.69, 9.17) is 16.3 Å². The number of ketones is 1. The Morgan fingerprint density at radius 3 is 2.76 bits per heavy atom. The fourth-order valence-electron chi connectivity index (χ4n) is 2.25. The number of thiazole rings is 1. The van der Waals surface area contributed by atoms with Gasteiger partial charge in [-0.3, -0.25) is 9.59 Å². The van der Waals surface area contributed by atoms with Gasteiger partial charge in [0.2, 0.25) is 0 Å². The van der Waals surface area contributed by atoms with Crippen molar-refractivity contribution in [2.24, 2.45) is 0 Å². The molecule has 1 N–H and O–H groups in total. The predicted molar refractivity (Wildman–Crippen MR) is 101 cm³/mol. The van der Waals surface area contributed by atoms with Crippen molar-refractivity contribution in [1.82, 2.24) is 4.98 Å². The van der Waals surface area contributed by atoms with E-state index in [9.17, 15) is 9.59 Å². The summed E-state index contributed by atoms with van der Waals surface area (Å²) >= 11 is 7.12. The van der Waals surface area contributed by atoms with Gasteiger partial charge in [0.25, 0.3) is 5.56 Å². The van der Waals surface area contributed by atoms with E-state index in [1.165, 1.54) is 17.4 Å². The monoisotopic (exact) mass is 371 g/mol. The zero-order valence-corrected chi connectivity index (χ0v) is 14.9. The number of benzene rings is 2. The Balaban J connectivity index is 1.98. The van der Waals surface area contributed by atoms with Crippen LogP contribution >= 0.6 is 22.9 Å². The number of ether oxygens (including phenoxy) is 1. The Kier molecular flexibility index (Phi) is 5.16. The van der Waals surface area contributed by atoms with Crippen LogP contribution in [0, 0.1) is 0 Å². The van der Waals surface area contributed by atoms with Crippen molar-refractivity contribution >= 4 is 40.9 Å². The maximum atomic E-state index is 12.3. The molecule has 0 saturated carbocycles. The van der Waals surface area contributed by atoms with E-state index in [-0.39, 0.29) is 11.3 Å². The molecule has 1 aromatic heterocycles. The van der Waals surface area contributed by atoms with Gasteiger partial charge in [-0.1, -0.05) is 35.9 Å². The molecule has 0 aliphatic rings. The Morgan fingerprint density at radius 1 is 1.20 bits per heavy atom. The zero-order chi connectivity index (χ0) is 17.8. The van der Waals surface area contributed by atoms with Crippen molar-refractivity contribution in [3.63, 3.8) is 0 Å². The van der Waals surface area contributed by atoms with Gasteiger partial charge in [0, 0.05) is 16.7 Å². The predicted octanol–water partition coefficient (Wildman–Crippen LogP) is 2.59. The average molecular weight is 372 g/mol. The normalized spacial score (nSPS) is 12.4. The molecule has 0 bridgehead atoms. The van der Waals surface area contributed by atoms with E-state index in [2.05, 4.69) is 4.98 Å². The van der Waals surface area contributed by atoms with Crippen molar-refractivity contribution in [2.75, 3.05) is 7.11 Å². The minimum absolute atomic E-state index is 0.215. The summed E-state index contributed by atoms with van der Waals surface area (Å²) in [6.07, 6.45) is 3.16. The fourth-order valence-corrected chi connectivity index (χ4v) is 3.33. The summed E-state index contributed by atoms with van der Waals surface area (Å²) in [5.74, 6) is 0.498. The molecule has 0 amide bonds. The van der Waals surface area contributed by atoms with Crippen molar-refractivity contribution < 1.29 is 9.53 Å². The summed E-state index contributed by atoms with van der Waals surface area (Å²) < 4.78 is 6.18. The lowest BCUT2D eigenvalue weighted by Crippen LogP contribution is -2.20. The van der Waals surface area contributed by atoms with E-state index in [0.717, 1.165) is 5.56 Å². The molecule has 0 aliphatic heterocycles. The number of rotatable bonds is 4. The lowest BCUT2D eigenvalue weighted by molar-refractivity contribution is 0.106. The Bertz CT molecular complexity index is 1100. The number of H-pyrrole nitrogens is 1. The highest BCUT2D eigenvalue weighted by atomic mass is 35.5. The highest BCUT2D eigenvalue weighted by molar-refractivity contribution is 7.07. The van der Waals surface area contributed by atoms with Gasteiger partial charge >= 0.3 is 0 Å². The Morgan fingerprint density at radius 2 is 2.00 bits per heavy atom. The second kappa shape index (κ2) is 7.51. The minimum atomic E-state index is -0.238. The van der Waals surface area contributed by atoms with Crippen LogP contribution in [0.5, 0.6) is 5.75 Å². The van der Waals surface area contributed by atoms with Crippen LogP contribution in [-0.2, 0) is 0 Å². The topological polar surface area (TPSA) is 59.2 Å². The standard InChI is InChI=1S/C19H14ClNO3S/c1-24-15-7-2-4-12(8-15)9-17-19(23)21-18(25-17)11-16(22)13-5-3-6-14(20)10-13/h2-11H,1H3,(H,21,23)/b17-9-,18-11-. The van der Waals surface area contributed by atoms with Crippen LogP contribution in [0.15, 0.2) is 53.3 Å². The van der Waals surface area contributed by atoms with E-state index in [1.54, 1.807) is 37.5 Å². The molecule has 0 unspecified atom stereocenters. The Hall–Kier alpha value is -2.63. The van der Waals surface area contributed by atoms with Gasteiger partial charge in [0.05, 0.1) is 16.3 Å². The number of methoxy groups -OCH3 is 1. The summed E-state index contributed by atoms with van der Waals surface area (Å²) in [5, 5.41) is 0.492. The van der Waals surface area contributed by atoms with Gasteiger partial charge in [0.15, 0.2) is 5.78 Å². The van der Waals surface area contributed by atoms with Crippen molar-refractivity contribution in [2.45, 2.75) is 0 Å². The fraction of sp³-hybridized carbons (Fsp3) is 0.0526. The Labute approximate surface area is 152 Å². The van der Waals surface area contributed by atoms with Crippen LogP contribution in [0.1, 0.15) is 15.9 Å². The number of hydrogen-bond donors (Lipinski definition) is 1. The number of carbonyl (C=O) groups is 1. The largest absolute Gasteiger partial charge is 0.497 e. The molecule has 0 radical (unpaired) electrons. The number of aromatic amines is 1. The number of nitrogens with one attached hydrogen (secondary N) is 1. The first-order valence-electron chi connectivity index (χ1n) is 7.42. The van der Waals surface area contributed by atoms with Crippen molar-refractivity contribution in [3.8, 4) is 5.75 Å². The molecule has 126 valence electrons. The maximum absolute atomic E-state index is 12.3. The van der Waals surface area contributed by atoms with Crippen LogP contribution < -0.4 is 19.5 Å². The molecule has 2 aromatic carbocycles. The van der Waals surface area contributed by atoms with Crippen molar-refractivity contribution in [1.29, 1.82) is 0 Å². The maximum Gasteiger partial charge on any atom is 0.266 e. The quantitative estimate of drug-likeness (QED) is 0.717. The van der Waals surface area contributed by atoms with E-state index < -0.39 is 0 Å². The number of Topliss-reactive ketones (excluding diaryl/α,β-unsaturated/α-hetero) is 1. The average Bonchev–Trinajstić information content (AvgIpc) is 2.94. The van der Waals surface area contributed by atoms with Crippen LogP contribution in [0.4, 0.5) is 0 Å². The second-order valence-corrected chi connectivity index (χ2v) is 6.74. The van der Waals surface area contributed by atoms with Crippen molar-refractivity contribution in [3.05, 3.63) is 84.2 Å². The number of hydrogen-bond acceptors (Lipinski definition) is 4. The van der Waals surface area contributed by atoms with Crippen LogP contribution in [0.3, 0.4) is 0 Å². The third-order valence-electron chi connectivity index (χ3n) is 3.44. The first-order valence-corrected chi connectivity index (χ1v) is 8.61. The highest BCUT2D eigenvalue weighted by Gasteiger charge is 2.04. The zero-order valence-electron chi connectivity index (χ0n) is 13.3. The first-order chi connectivity index (χ1) is 12.0. The number of aromatic nitrogens is 1. The van der Waals surface area contributed by atoms with Crippen LogP contribution in [0.25, 0.3) is 12.2 Å². The van der Waals surface area contributed by atoms with Gasteiger partial charge in [-0.15, -0.1) is 11.3 Å². The van der Waals surface area contributed by atoms with E-state index >= 15 is 0 Å².